The van der Waals surface area contributed by atoms with Crippen molar-refractivity contribution in [1.82, 2.24) is 9.55 Å². The van der Waals surface area contributed by atoms with Crippen molar-refractivity contribution < 1.29 is 32.6 Å². The van der Waals surface area contributed by atoms with E-state index in [-0.39, 0.29) is 29.0 Å². The van der Waals surface area contributed by atoms with Crippen LogP contribution in [-0.2, 0) is 16.0 Å². The molecule has 2 fully saturated rings. The van der Waals surface area contributed by atoms with Crippen molar-refractivity contribution in [1.29, 1.82) is 0 Å². The van der Waals surface area contributed by atoms with Crippen molar-refractivity contribution in [3.05, 3.63) is 46.5 Å². The van der Waals surface area contributed by atoms with Crippen LogP contribution in [-0.4, -0.2) is 32.9 Å². The number of nitrogens with zero attached hydrogens (tertiary/aromatic N) is 2. The number of esters is 2. The van der Waals surface area contributed by atoms with Crippen molar-refractivity contribution >= 4 is 17.7 Å². The molecule has 0 amide bonds. The molecule has 0 N–H and O–H groups in total. The van der Waals surface area contributed by atoms with Crippen LogP contribution >= 0.6 is 0 Å². The van der Waals surface area contributed by atoms with E-state index in [1.807, 2.05) is 0 Å². The van der Waals surface area contributed by atoms with E-state index < -0.39 is 35.4 Å². The minimum atomic E-state index is -2.81. The van der Waals surface area contributed by atoms with Gasteiger partial charge in [-0.05, 0) is 37.3 Å². The number of rotatable bonds is 6. The summed E-state index contributed by atoms with van der Waals surface area (Å²) in [5, 5.41) is 0. The summed E-state index contributed by atoms with van der Waals surface area (Å²) in [7, 11) is 0. The van der Waals surface area contributed by atoms with Crippen LogP contribution in [0.5, 0.6) is 5.75 Å². The highest BCUT2D eigenvalue weighted by molar-refractivity contribution is 6.41. The molecule has 5 rings (SSSR count). The Kier molecular flexibility index (Phi) is 4.45. The molecule has 0 unspecified atom stereocenters. The predicted molar refractivity (Wildman–Crippen MR) is 105 cm³/mol. The van der Waals surface area contributed by atoms with Crippen LogP contribution < -0.4 is 4.74 Å². The molecule has 0 bridgehead atoms. The molecule has 2 aromatic rings. The van der Waals surface area contributed by atoms with E-state index in [4.69, 9.17) is 15.9 Å². The summed E-state index contributed by atoms with van der Waals surface area (Å²) in [6.45, 7) is 1.56. The van der Waals surface area contributed by atoms with Gasteiger partial charge in [0.2, 0.25) is 0 Å². The van der Waals surface area contributed by atoms with Gasteiger partial charge in [-0.1, -0.05) is 5.92 Å². The van der Waals surface area contributed by atoms with E-state index in [9.17, 15) is 23.2 Å². The molecule has 2 aromatic heterocycles. The van der Waals surface area contributed by atoms with Crippen LogP contribution in [0.15, 0.2) is 18.3 Å². The molecule has 0 spiro atoms. The third kappa shape index (κ3) is 3.18. The SMILES string of the molecule is C#CC1(OC(=O)C(=O)c2c(C)c(C(=O)Oc3ccnc(C(F)F)c3)n3c2C[C@H]2C[C@H]23)CC1. The van der Waals surface area contributed by atoms with E-state index in [0.717, 1.165) is 18.7 Å². The summed E-state index contributed by atoms with van der Waals surface area (Å²) >= 11 is 0. The van der Waals surface area contributed by atoms with Gasteiger partial charge in [-0.2, -0.15) is 0 Å². The fraction of sp³-hybridized carbons (Fsp3) is 0.391. The zero-order valence-corrected chi connectivity index (χ0v) is 17.1. The first kappa shape index (κ1) is 20.4. The number of hydrogen-bond acceptors (Lipinski definition) is 6. The first-order valence-electron chi connectivity index (χ1n) is 10.2. The van der Waals surface area contributed by atoms with Crippen LogP contribution in [0, 0.1) is 25.2 Å². The van der Waals surface area contributed by atoms with Crippen molar-refractivity contribution in [3.8, 4) is 18.1 Å². The van der Waals surface area contributed by atoms with Gasteiger partial charge in [-0.25, -0.2) is 18.4 Å². The van der Waals surface area contributed by atoms with Crippen molar-refractivity contribution in [2.45, 2.75) is 50.7 Å². The normalized spacial score (nSPS) is 21.3. The Bertz CT molecular complexity index is 1220. The Morgan fingerprint density at radius 3 is 2.75 bits per heavy atom. The average molecular weight is 440 g/mol. The second-order valence-electron chi connectivity index (χ2n) is 8.40. The van der Waals surface area contributed by atoms with E-state index >= 15 is 0 Å². The number of carbonyl (C=O) groups excluding carboxylic acids is 3. The summed E-state index contributed by atoms with van der Waals surface area (Å²) < 4.78 is 38.2. The van der Waals surface area contributed by atoms with Crippen molar-refractivity contribution in [2.24, 2.45) is 5.92 Å². The number of halogens is 2. The first-order chi connectivity index (χ1) is 15.2. The van der Waals surface area contributed by atoms with Gasteiger partial charge in [0.05, 0.1) is 5.56 Å². The molecule has 7 nitrogen and oxygen atoms in total. The molecule has 9 heteroatoms. The molecular formula is C23H18F2N2O5. The lowest BCUT2D eigenvalue weighted by atomic mass is 10.0. The largest absolute Gasteiger partial charge is 0.440 e. The Morgan fingerprint density at radius 2 is 2.09 bits per heavy atom. The maximum Gasteiger partial charge on any atom is 0.381 e. The number of ketones is 1. The standard InChI is InChI=1S/C23H18F2N2O5/c1-3-23(5-6-23)32-22(30)19(28)17-11(2)18(27-15-8-12(15)9-16(17)27)21(29)31-13-4-7-26-14(10-13)20(24)25/h1,4,7,10,12,15,20H,5-6,8-9H2,2H3/t12-,15-/m1/s1. The lowest BCUT2D eigenvalue weighted by molar-refractivity contribution is -0.142. The van der Waals surface area contributed by atoms with Gasteiger partial charge in [0.15, 0.2) is 5.60 Å². The van der Waals surface area contributed by atoms with Gasteiger partial charge < -0.3 is 14.0 Å². The Hall–Kier alpha value is -3.54. The van der Waals surface area contributed by atoms with E-state index in [1.54, 1.807) is 11.5 Å². The van der Waals surface area contributed by atoms with Crippen LogP contribution in [0.4, 0.5) is 8.78 Å². The number of hydrogen-bond donors (Lipinski definition) is 0. The lowest BCUT2D eigenvalue weighted by Crippen LogP contribution is -2.25. The number of terminal acetylenes is 1. The maximum absolute atomic E-state index is 13.0. The molecule has 0 aromatic carbocycles. The van der Waals surface area contributed by atoms with Crippen LogP contribution in [0.3, 0.4) is 0 Å². The number of Topliss-reactive ketones (excluding diaryl/α,β-unsaturated/α-hetero) is 1. The van der Waals surface area contributed by atoms with Crippen molar-refractivity contribution in [2.75, 3.05) is 0 Å². The maximum atomic E-state index is 13.0. The quantitative estimate of drug-likeness (QED) is 0.296. The number of ether oxygens (including phenoxy) is 2. The zero-order chi connectivity index (χ0) is 22.8. The molecule has 1 aliphatic heterocycles. The van der Waals surface area contributed by atoms with Crippen LogP contribution in [0.25, 0.3) is 0 Å². The molecule has 3 aliphatic rings. The van der Waals surface area contributed by atoms with Gasteiger partial charge in [-0.3, -0.25) is 9.78 Å². The predicted octanol–water partition coefficient (Wildman–Crippen LogP) is 3.36. The summed E-state index contributed by atoms with van der Waals surface area (Å²) in [5.74, 6) is -0.0930. The fourth-order valence-electron chi connectivity index (χ4n) is 4.39. The summed E-state index contributed by atoms with van der Waals surface area (Å²) in [6.07, 6.45) is 6.12. The Balaban J connectivity index is 1.47. The van der Waals surface area contributed by atoms with Gasteiger partial charge >= 0.3 is 11.9 Å². The van der Waals surface area contributed by atoms with E-state index in [2.05, 4.69) is 10.9 Å². The van der Waals surface area contributed by atoms with Gasteiger partial charge in [0, 0.05) is 36.8 Å². The Labute approximate surface area is 181 Å². The van der Waals surface area contributed by atoms with Crippen LogP contribution in [0.1, 0.15) is 69.5 Å². The minimum absolute atomic E-state index is 0.0402. The highest BCUT2D eigenvalue weighted by Gasteiger charge is 2.52. The average Bonchev–Trinajstić information content (AvgIpc) is 3.65. The lowest BCUT2D eigenvalue weighted by Gasteiger charge is -2.10. The summed E-state index contributed by atoms with van der Waals surface area (Å²) in [5.41, 5.74) is -0.385. The smallest absolute Gasteiger partial charge is 0.381 e. The number of fused-ring (bicyclic) bond motifs is 3. The summed E-state index contributed by atoms with van der Waals surface area (Å²) in [4.78, 5) is 42.1. The molecule has 2 atom stereocenters. The topological polar surface area (TPSA) is 87.5 Å². The molecule has 0 saturated heterocycles. The molecular weight excluding hydrogens is 422 g/mol. The van der Waals surface area contributed by atoms with Gasteiger partial charge in [0.25, 0.3) is 12.2 Å². The first-order valence-corrected chi connectivity index (χ1v) is 10.2. The molecule has 0 radical (unpaired) electrons. The summed E-state index contributed by atoms with van der Waals surface area (Å²) in [6, 6.07) is 2.33. The van der Waals surface area contributed by atoms with Gasteiger partial charge in [-0.15, -0.1) is 6.42 Å². The third-order valence-electron chi connectivity index (χ3n) is 6.27. The molecule has 164 valence electrons. The van der Waals surface area contributed by atoms with Crippen molar-refractivity contribution in [3.63, 3.8) is 0 Å². The molecule has 2 saturated carbocycles. The molecule has 32 heavy (non-hydrogen) atoms. The zero-order valence-electron chi connectivity index (χ0n) is 17.1. The molecule has 3 heterocycles. The molecule has 2 aliphatic carbocycles. The van der Waals surface area contributed by atoms with E-state index in [1.165, 1.54) is 6.07 Å². The van der Waals surface area contributed by atoms with E-state index in [0.29, 0.717) is 30.5 Å². The van der Waals surface area contributed by atoms with Gasteiger partial charge in [0.1, 0.15) is 17.1 Å². The monoisotopic (exact) mass is 440 g/mol. The number of pyridine rings is 1. The number of aromatic nitrogens is 2. The van der Waals surface area contributed by atoms with Crippen LogP contribution in [0.2, 0.25) is 0 Å². The number of alkyl halides is 2. The second kappa shape index (κ2) is 6.99. The highest BCUT2D eigenvalue weighted by atomic mass is 19.3. The highest BCUT2D eigenvalue weighted by Crippen LogP contribution is 2.54. The Morgan fingerprint density at radius 1 is 1.34 bits per heavy atom. The minimum Gasteiger partial charge on any atom is -0.440 e. The third-order valence-corrected chi connectivity index (χ3v) is 6.27. The number of carbonyl (C=O) groups is 3. The fourth-order valence-corrected chi connectivity index (χ4v) is 4.39. The second-order valence-corrected chi connectivity index (χ2v) is 8.40.